The molecule has 4 aromatic carbocycles. The molecule has 0 unspecified atom stereocenters. The fraction of sp³-hybridized carbons (Fsp3) is 0.176. The maximum Gasteiger partial charge on any atom is 0.180 e. The van der Waals surface area contributed by atoms with E-state index < -0.39 is 8.07 Å². The average Bonchev–Trinajstić information content (AvgIpc) is 3.47. The van der Waals surface area contributed by atoms with E-state index in [0.717, 1.165) is 12.8 Å². The van der Waals surface area contributed by atoms with Gasteiger partial charge in [0, 0.05) is 0 Å². The van der Waals surface area contributed by atoms with Crippen LogP contribution < -0.4 is 20.7 Å². The predicted octanol–water partition coefficient (Wildman–Crippen LogP) is 5.60. The second-order valence-electron chi connectivity index (χ2n) is 10.5. The van der Waals surface area contributed by atoms with Gasteiger partial charge in [-0.2, -0.15) is 0 Å². The Kier molecular flexibility index (Phi) is 5.27. The van der Waals surface area contributed by atoms with Crippen molar-refractivity contribution < 1.29 is 0 Å². The highest BCUT2D eigenvalue weighted by Gasteiger charge is 2.45. The van der Waals surface area contributed by atoms with Gasteiger partial charge in [-0.25, -0.2) is 0 Å². The van der Waals surface area contributed by atoms with E-state index in [4.69, 9.17) is 0 Å². The molecular formula is C34H32Si. The number of allylic oxidation sites excluding steroid dienone is 2. The van der Waals surface area contributed by atoms with Crippen LogP contribution in [0.4, 0.5) is 0 Å². The molecule has 2 aliphatic carbocycles. The van der Waals surface area contributed by atoms with E-state index in [1.807, 2.05) is 0 Å². The first-order chi connectivity index (χ1) is 17.0. The summed E-state index contributed by atoms with van der Waals surface area (Å²) in [5.74, 6) is 0. The molecule has 0 saturated carbocycles. The molecule has 0 aromatic heterocycles. The molecule has 0 amide bonds. The van der Waals surface area contributed by atoms with Gasteiger partial charge in [-0.05, 0) is 94.7 Å². The SMILES string of the molecule is CC1=Cc2c(C)ccc([Si](c3ccccc3)(c3ccccc3)c3ccc(C)c4c3CC(C)=C4)c2C1. The van der Waals surface area contributed by atoms with Crippen molar-refractivity contribution in [1.29, 1.82) is 0 Å². The molecule has 172 valence electrons. The van der Waals surface area contributed by atoms with E-state index >= 15 is 0 Å². The van der Waals surface area contributed by atoms with Gasteiger partial charge in [0.25, 0.3) is 0 Å². The van der Waals surface area contributed by atoms with Crippen LogP contribution in [0.15, 0.2) is 96.1 Å². The van der Waals surface area contributed by atoms with E-state index in [-0.39, 0.29) is 0 Å². The second-order valence-corrected chi connectivity index (χ2v) is 14.2. The Hall–Kier alpha value is -3.42. The summed E-state index contributed by atoms with van der Waals surface area (Å²) in [5, 5.41) is 6.05. The van der Waals surface area contributed by atoms with E-state index in [1.165, 1.54) is 43.8 Å². The Balaban J connectivity index is 1.79. The maximum absolute atomic E-state index is 2.59. The minimum atomic E-state index is -2.59. The van der Waals surface area contributed by atoms with Gasteiger partial charge in [-0.3, -0.25) is 0 Å². The van der Waals surface area contributed by atoms with Gasteiger partial charge < -0.3 is 0 Å². The van der Waals surface area contributed by atoms with Gasteiger partial charge in [-0.1, -0.05) is 108 Å². The molecular weight excluding hydrogens is 436 g/mol. The van der Waals surface area contributed by atoms with Crippen molar-refractivity contribution in [2.45, 2.75) is 40.5 Å². The van der Waals surface area contributed by atoms with Crippen LogP contribution in [0.25, 0.3) is 12.2 Å². The average molecular weight is 469 g/mol. The van der Waals surface area contributed by atoms with E-state index in [9.17, 15) is 0 Å². The van der Waals surface area contributed by atoms with Crippen LogP contribution >= 0.6 is 0 Å². The summed E-state index contributed by atoms with van der Waals surface area (Å²) < 4.78 is 0. The number of aryl methyl sites for hydroxylation is 2. The van der Waals surface area contributed by atoms with Crippen LogP contribution in [0.1, 0.15) is 47.2 Å². The van der Waals surface area contributed by atoms with Crippen molar-refractivity contribution in [2.24, 2.45) is 0 Å². The smallest absolute Gasteiger partial charge is 0.0683 e. The largest absolute Gasteiger partial charge is 0.180 e. The Morgan fingerprint density at radius 3 is 1.29 bits per heavy atom. The predicted molar refractivity (Wildman–Crippen MR) is 154 cm³/mol. The minimum absolute atomic E-state index is 1.05. The standard InChI is InChI=1S/C34H32Si/c1-23-19-29-25(3)15-17-33(31(29)21-23)35(27-11-7-5-8-12-27,28-13-9-6-10-14-28)34-18-16-26(4)30-20-24(2)22-32(30)34/h5-20H,21-22H2,1-4H3. The molecule has 4 aromatic rings. The van der Waals surface area contributed by atoms with Crippen molar-refractivity contribution in [3.8, 4) is 0 Å². The molecule has 35 heavy (non-hydrogen) atoms. The molecule has 0 nitrogen and oxygen atoms in total. The van der Waals surface area contributed by atoms with Gasteiger partial charge in [0.15, 0.2) is 8.07 Å². The second kappa shape index (κ2) is 8.36. The van der Waals surface area contributed by atoms with Gasteiger partial charge in [-0.15, -0.1) is 0 Å². The molecule has 0 aliphatic heterocycles. The van der Waals surface area contributed by atoms with E-state index in [0.29, 0.717) is 0 Å². The summed E-state index contributed by atoms with van der Waals surface area (Å²) in [6, 6.07) is 32.5. The summed E-state index contributed by atoms with van der Waals surface area (Å²) in [4.78, 5) is 0. The topological polar surface area (TPSA) is 0 Å². The third-order valence-corrected chi connectivity index (χ3v) is 13.0. The highest BCUT2D eigenvalue weighted by Crippen LogP contribution is 2.31. The van der Waals surface area contributed by atoms with Crippen molar-refractivity contribution in [2.75, 3.05) is 0 Å². The molecule has 1 heteroatoms. The van der Waals surface area contributed by atoms with Gasteiger partial charge in [0.05, 0.1) is 0 Å². The fourth-order valence-corrected chi connectivity index (χ4v) is 11.8. The first-order valence-corrected chi connectivity index (χ1v) is 14.7. The number of hydrogen-bond acceptors (Lipinski definition) is 0. The Bertz CT molecular complexity index is 1390. The van der Waals surface area contributed by atoms with Crippen LogP contribution in [0.3, 0.4) is 0 Å². The highest BCUT2D eigenvalue weighted by atomic mass is 28.3. The highest BCUT2D eigenvalue weighted by molar-refractivity contribution is 7.20. The molecule has 0 saturated heterocycles. The third-order valence-electron chi connectivity index (χ3n) is 8.06. The van der Waals surface area contributed by atoms with Crippen molar-refractivity contribution in [3.05, 3.63) is 129 Å². The van der Waals surface area contributed by atoms with Crippen molar-refractivity contribution in [1.82, 2.24) is 0 Å². The summed E-state index contributed by atoms with van der Waals surface area (Å²) >= 11 is 0. The first kappa shape index (κ1) is 22.1. The number of fused-ring (bicyclic) bond motifs is 2. The lowest BCUT2D eigenvalue weighted by molar-refractivity contribution is 1.19. The maximum atomic E-state index is 2.48. The molecule has 0 bridgehead atoms. The fourth-order valence-electron chi connectivity index (χ4n) is 6.51. The van der Waals surface area contributed by atoms with Gasteiger partial charge in [0.1, 0.15) is 0 Å². The monoisotopic (exact) mass is 468 g/mol. The zero-order chi connectivity index (χ0) is 24.2. The number of rotatable bonds is 4. The summed E-state index contributed by atoms with van der Waals surface area (Å²) in [7, 11) is -2.59. The minimum Gasteiger partial charge on any atom is -0.0683 e. The summed E-state index contributed by atoms with van der Waals surface area (Å²) in [6.45, 7) is 9.11. The Labute approximate surface area is 210 Å². The summed E-state index contributed by atoms with van der Waals surface area (Å²) in [6.07, 6.45) is 6.95. The third kappa shape index (κ3) is 3.33. The van der Waals surface area contributed by atoms with Gasteiger partial charge >= 0.3 is 0 Å². The molecule has 0 spiro atoms. The van der Waals surface area contributed by atoms with Crippen molar-refractivity contribution in [3.63, 3.8) is 0 Å². The lowest BCUT2D eigenvalue weighted by atomic mass is 10.0. The zero-order valence-electron chi connectivity index (χ0n) is 21.2. The number of hydrogen-bond donors (Lipinski definition) is 0. The van der Waals surface area contributed by atoms with Crippen LogP contribution in [0, 0.1) is 13.8 Å². The number of benzene rings is 4. The van der Waals surface area contributed by atoms with Crippen LogP contribution in [0.5, 0.6) is 0 Å². The normalized spacial score (nSPS) is 14.4. The van der Waals surface area contributed by atoms with Crippen molar-refractivity contribution >= 4 is 41.0 Å². The molecule has 0 radical (unpaired) electrons. The van der Waals surface area contributed by atoms with E-state index in [2.05, 4.69) is 125 Å². The molecule has 6 rings (SSSR count). The molecule has 0 atom stereocenters. The molecule has 0 heterocycles. The summed E-state index contributed by atoms with van der Waals surface area (Å²) in [5.41, 5.74) is 11.7. The first-order valence-electron chi connectivity index (χ1n) is 12.7. The van der Waals surface area contributed by atoms with Gasteiger partial charge in [0.2, 0.25) is 0 Å². The Morgan fingerprint density at radius 1 is 0.486 bits per heavy atom. The molecule has 0 N–H and O–H groups in total. The van der Waals surface area contributed by atoms with Crippen LogP contribution in [-0.4, -0.2) is 8.07 Å². The lowest BCUT2D eigenvalue weighted by Crippen LogP contribution is -2.76. The Morgan fingerprint density at radius 2 is 0.886 bits per heavy atom. The zero-order valence-corrected chi connectivity index (χ0v) is 22.2. The van der Waals surface area contributed by atoms with Crippen LogP contribution in [0.2, 0.25) is 0 Å². The lowest BCUT2D eigenvalue weighted by Gasteiger charge is -2.38. The quantitative estimate of drug-likeness (QED) is 0.270. The van der Waals surface area contributed by atoms with Crippen LogP contribution in [-0.2, 0) is 12.8 Å². The molecule has 2 aliphatic rings. The van der Waals surface area contributed by atoms with E-state index in [1.54, 1.807) is 21.5 Å². The molecule has 0 fully saturated rings.